The molecule has 0 spiro atoms. The molecule has 0 aromatic carbocycles. The average Bonchev–Trinajstić information content (AvgIpc) is 2.72. The number of anilines is 3. The molecule has 0 fully saturated rings. The molecule has 0 bridgehead atoms. The monoisotopic (exact) mass is 277 g/mol. The zero-order chi connectivity index (χ0) is 14.0. The van der Waals surface area contributed by atoms with Gasteiger partial charge < -0.3 is 16.8 Å². The lowest BCUT2D eigenvalue weighted by Gasteiger charge is -2.06. The van der Waals surface area contributed by atoms with Crippen LogP contribution in [-0.2, 0) is 6.42 Å². The lowest BCUT2D eigenvalue weighted by atomic mass is 10.3. The van der Waals surface area contributed by atoms with Crippen molar-refractivity contribution in [2.24, 2.45) is 5.73 Å². The maximum Gasteiger partial charge on any atom is 0.267 e. The Labute approximate surface area is 114 Å². The van der Waals surface area contributed by atoms with E-state index in [1.165, 1.54) is 17.4 Å². The van der Waals surface area contributed by atoms with Gasteiger partial charge >= 0.3 is 0 Å². The van der Waals surface area contributed by atoms with E-state index in [1.807, 2.05) is 13.8 Å². The Morgan fingerprint density at radius 1 is 1.42 bits per heavy atom. The SMILES string of the molecule is CCc1nc(Nc2nc(C(N)=O)ccc2N)sc1C. The van der Waals surface area contributed by atoms with Crippen LogP contribution in [0, 0.1) is 6.92 Å². The van der Waals surface area contributed by atoms with Crippen LogP contribution in [0.1, 0.15) is 28.0 Å². The molecule has 0 saturated carbocycles. The number of nitrogens with two attached hydrogens (primary N) is 2. The molecule has 2 aromatic rings. The van der Waals surface area contributed by atoms with Crippen molar-refractivity contribution in [3.8, 4) is 0 Å². The van der Waals surface area contributed by atoms with Crippen molar-refractivity contribution in [3.63, 3.8) is 0 Å². The van der Waals surface area contributed by atoms with Gasteiger partial charge in [-0.3, -0.25) is 4.79 Å². The van der Waals surface area contributed by atoms with Crippen LogP contribution in [0.15, 0.2) is 12.1 Å². The third-order valence-electron chi connectivity index (χ3n) is 2.63. The fourth-order valence-corrected chi connectivity index (χ4v) is 2.52. The van der Waals surface area contributed by atoms with Crippen molar-refractivity contribution in [1.82, 2.24) is 9.97 Å². The van der Waals surface area contributed by atoms with Gasteiger partial charge in [0.1, 0.15) is 5.69 Å². The van der Waals surface area contributed by atoms with Gasteiger partial charge in [0.15, 0.2) is 10.9 Å². The Morgan fingerprint density at radius 2 is 2.16 bits per heavy atom. The van der Waals surface area contributed by atoms with E-state index in [9.17, 15) is 4.79 Å². The summed E-state index contributed by atoms with van der Waals surface area (Å²) in [6.07, 6.45) is 0.869. The number of aryl methyl sites for hydroxylation is 2. The fraction of sp³-hybridized carbons (Fsp3) is 0.250. The van der Waals surface area contributed by atoms with Gasteiger partial charge in [-0.25, -0.2) is 9.97 Å². The summed E-state index contributed by atoms with van der Waals surface area (Å²) in [7, 11) is 0. The van der Waals surface area contributed by atoms with E-state index in [2.05, 4.69) is 15.3 Å². The molecule has 0 aliphatic heterocycles. The Bertz CT molecular complexity index is 623. The van der Waals surface area contributed by atoms with Gasteiger partial charge in [-0.2, -0.15) is 0 Å². The van der Waals surface area contributed by atoms with Crippen LogP contribution in [0.25, 0.3) is 0 Å². The molecule has 2 rings (SSSR count). The number of thiazole rings is 1. The van der Waals surface area contributed by atoms with Crippen LogP contribution in [0.2, 0.25) is 0 Å². The van der Waals surface area contributed by atoms with Crippen molar-refractivity contribution in [1.29, 1.82) is 0 Å². The summed E-state index contributed by atoms with van der Waals surface area (Å²) >= 11 is 1.52. The summed E-state index contributed by atoms with van der Waals surface area (Å²) in [5, 5.41) is 3.73. The number of rotatable bonds is 4. The summed E-state index contributed by atoms with van der Waals surface area (Å²) < 4.78 is 0. The topological polar surface area (TPSA) is 107 Å². The van der Waals surface area contributed by atoms with Crippen molar-refractivity contribution >= 4 is 33.9 Å². The average molecular weight is 277 g/mol. The van der Waals surface area contributed by atoms with Gasteiger partial charge in [0, 0.05) is 4.88 Å². The Hall–Kier alpha value is -2.15. The van der Waals surface area contributed by atoms with Gasteiger partial charge in [-0.1, -0.05) is 6.92 Å². The highest BCUT2D eigenvalue weighted by atomic mass is 32.1. The van der Waals surface area contributed by atoms with Crippen LogP contribution in [0.3, 0.4) is 0 Å². The molecule has 6 nitrogen and oxygen atoms in total. The Morgan fingerprint density at radius 3 is 2.74 bits per heavy atom. The van der Waals surface area contributed by atoms with Gasteiger partial charge in [-0.05, 0) is 25.5 Å². The molecule has 0 aliphatic rings. The molecule has 0 atom stereocenters. The first-order valence-corrected chi connectivity index (χ1v) is 6.62. The lowest BCUT2D eigenvalue weighted by molar-refractivity contribution is 0.0996. The molecule has 19 heavy (non-hydrogen) atoms. The molecule has 0 unspecified atom stereocenters. The number of amides is 1. The van der Waals surface area contributed by atoms with Crippen LogP contribution in [0.5, 0.6) is 0 Å². The van der Waals surface area contributed by atoms with Gasteiger partial charge in [0.05, 0.1) is 11.4 Å². The highest BCUT2D eigenvalue weighted by Crippen LogP contribution is 2.27. The normalized spacial score (nSPS) is 10.4. The second kappa shape index (κ2) is 5.23. The first-order chi connectivity index (χ1) is 9.01. The van der Waals surface area contributed by atoms with E-state index in [0.717, 1.165) is 17.0 Å². The Kier molecular flexibility index (Phi) is 3.66. The highest BCUT2D eigenvalue weighted by molar-refractivity contribution is 7.15. The second-order valence-electron chi connectivity index (χ2n) is 4.00. The van der Waals surface area contributed by atoms with Crippen molar-refractivity contribution in [2.75, 3.05) is 11.1 Å². The molecule has 0 saturated heterocycles. The standard InChI is InChI=1S/C12H15N5OS/c1-3-8-6(2)19-12(16-8)17-11-7(13)4-5-9(15-11)10(14)18/h4-5H,3,13H2,1-2H3,(H2,14,18)(H,15,16,17). The minimum Gasteiger partial charge on any atom is -0.396 e. The number of carbonyl (C=O) groups is 1. The highest BCUT2D eigenvalue weighted by Gasteiger charge is 2.10. The smallest absolute Gasteiger partial charge is 0.267 e. The van der Waals surface area contributed by atoms with Crippen LogP contribution in [-0.4, -0.2) is 15.9 Å². The molecular weight excluding hydrogens is 262 g/mol. The van der Waals surface area contributed by atoms with Crippen molar-refractivity contribution in [3.05, 3.63) is 28.4 Å². The number of nitrogen functional groups attached to an aromatic ring is 1. The predicted molar refractivity (Wildman–Crippen MR) is 76.7 cm³/mol. The quantitative estimate of drug-likeness (QED) is 0.790. The number of nitrogens with zero attached hydrogens (tertiary/aromatic N) is 2. The van der Waals surface area contributed by atoms with Gasteiger partial charge in [0.2, 0.25) is 0 Å². The number of carbonyl (C=O) groups excluding carboxylic acids is 1. The van der Waals surface area contributed by atoms with E-state index in [0.29, 0.717) is 16.6 Å². The number of pyridine rings is 1. The van der Waals surface area contributed by atoms with E-state index in [4.69, 9.17) is 11.5 Å². The second-order valence-corrected chi connectivity index (χ2v) is 5.20. The Balaban J connectivity index is 2.31. The molecule has 7 heteroatoms. The maximum absolute atomic E-state index is 11.1. The zero-order valence-electron chi connectivity index (χ0n) is 10.7. The van der Waals surface area contributed by atoms with E-state index >= 15 is 0 Å². The minimum absolute atomic E-state index is 0.167. The van der Waals surface area contributed by atoms with Crippen molar-refractivity contribution < 1.29 is 4.79 Å². The summed E-state index contributed by atoms with van der Waals surface area (Å²) in [6.45, 7) is 4.06. The molecular formula is C12H15N5OS. The van der Waals surface area contributed by atoms with Gasteiger partial charge in [0.25, 0.3) is 5.91 Å². The van der Waals surface area contributed by atoms with Crippen LogP contribution >= 0.6 is 11.3 Å². The van der Waals surface area contributed by atoms with Crippen LogP contribution in [0.4, 0.5) is 16.6 Å². The number of hydrogen-bond acceptors (Lipinski definition) is 6. The molecule has 100 valence electrons. The summed E-state index contributed by atoms with van der Waals surface area (Å²) in [6, 6.07) is 3.09. The summed E-state index contributed by atoms with van der Waals surface area (Å²) in [5.41, 5.74) is 12.7. The number of nitrogens with one attached hydrogen (secondary N) is 1. The molecule has 2 heterocycles. The maximum atomic E-state index is 11.1. The van der Waals surface area contributed by atoms with Crippen molar-refractivity contribution in [2.45, 2.75) is 20.3 Å². The third kappa shape index (κ3) is 2.82. The summed E-state index contributed by atoms with van der Waals surface area (Å²) in [4.78, 5) is 20.8. The third-order valence-corrected chi connectivity index (χ3v) is 3.56. The molecule has 0 radical (unpaired) electrons. The first kappa shape index (κ1) is 13.3. The predicted octanol–water partition coefficient (Wildman–Crippen LogP) is 1.83. The number of aromatic nitrogens is 2. The van der Waals surface area contributed by atoms with Gasteiger partial charge in [-0.15, -0.1) is 11.3 Å². The zero-order valence-corrected chi connectivity index (χ0v) is 11.5. The lowest BCUT2D eigenvalue weighted by Crippen LogP contribution is -2.14. The summed E-state index contributed by atoms with van der Waals surface area (Å²) in [5.74, 6) is -0.194. The van der Waals surface area contributed by atoms with Crippen LogP contribution < -0.4 is 16.8 Å². The molecule has 0 aliphatic carbocycles. The first-order valence-electron chi connectivity index (χ1n) is 5.81. The fourth-order valence-electron chi connectivity index (χ4n) is 1.62. The van der Waals surface area contributed by atoms with E-state index in [1.54, 1.807) is 6.07 Å². The van der Waals surface area contributed by atoms with E-state index in [-0.39, 0.29) is 5.69 Å². The van der Waals surface area contributed by atoms with E-state index < -0.39 is 5.91 Å². The largest absolute Gasteiger partial charge is 0.396 e. The number of primary amides is 1. The number of hydrogen-bond donors (Lipinski definition) is 3. The molecule has 2 aromatic heterocycles. The minimum atomic E-state index is -0.590. The molecule has 1 amide bonds. The molecule has 5 N–H and O–H groups in total.